The Labute approximate surface area is 174 Å². The van der Waals surface area contributed by atoms with Gasteiger partial charge in [-0.3, -0.25) is 14.5 Å². The van der Waals surface area contributed by atoms with Crippen LogP contribution < -0.4 is 5.56 Å². The van der Waals surface area contributed by atoms with Crippen LogP contribution in [-0.2, 0) is 17.8 Å². The average molecular weight is 401 g/mol. The number of fused-ring (bicyclic) bond motifs is 1. The Morgan fingerprint density at radius 1 is 1.17 bits per heavy atom. The van der Waals surface area contributed by atoms with Crippen LogP contribution in [0.4, 0.5) is 0 Å². The second-order valence-corrected chi connectivity index (χ2v) is 9.36. The van der Waals surface area contributed by atoms with E-state index in [-0.39, 0.29) is 23.4 Å². The molecule has 1 saturated carbocycles. The van der Waals surface area contributed by atoms with Crippen molar-refractivity contribution >= 4 is 5.91 Å². The summed E-state index contributed by atoms with van der Waals surface area (Å²) in [6.07, 6.45) is 10.3. The number of likely N-dealkylation sites (tertiary alicyclic amines) is 1. The summed E-state index contributed by atoms with van der Waals surface area (Å²) in [6, 6.07) is -0.0804. The molecule has 6 heteroatoms. The summed E-state index contributed by atoms with van der Waals surface area (Å²) >= 11 is 0. The largest absolute Gasteiger partial charge is 0.332 e. The number of carbonyl (C=O) groups is 1. The number of carbonyl (C=O) groups excluding carboxylic acids is 1. The van der Waals surface area contributed by atoms with Gasteiger partial charge >= 0.3 is 0 Å². The first-order valence-electron chi connectivity index (χ1n) is 11.7. The molecule has 0 unspecified atom stereocenters. The van der Waals surface area contributed by atoms with E-state index in [2.05, 4.69) is 9.88 Å². The molecule has 160 valence electrons. The van der Waals surface area contributed by atoms with E-state index in [1.165, 1.54) is 32.1 Å². The lowest BCUT2D eigenvalue weighted by Crippen LogP contribution is -2.40. The predicted octanol–water partition coefficient (Wildman–Crippen LogP) is 3.42. The fourth-order valence-electron chi connectivity index (χ4n) is 5.33. The van der Waals surface area contributed by atoms with Crippen molar-refractivity contribution in [3.05, 3.63) is 27.4 Å². The first-order valence-corrected chi connectivity index (χ1v) is 11.7. The highest BCUT2D eigenvalue weighted by Gasteiger charge is 2.34. The maximum Gasteiger partial charge on any atom is 0.254 e. The minimum absolute atomic E-state index is 0.00477. The van der Waals surface area contributed by atoms with Crippen LogP contribution in [0.2, 0.25) is 0 Å². The Morgan fingerprint density at radius 2 is 1.97 bits per heavy atom. The van der Waals surface area contributed by atoms with Crippen LogP contribution in [0.5, 0.6) is 0 Å². The number of hydrogen-bond donors (Lipinski definition) is 1. The Bertz CT molecular complexity index is 784. The number of aromatic nitrogens is 2. The van der Waals surface area contributed by atoms with E-state index < -0.39 is 0 Å². The third-order valence-electron chi connectivity index (χ3n) is 7.30. The maximum atomic E-state index is 12.8. The third kappa shape index (κ3) is 4.42. The number of hydrogen-bond acceptors (Lipinski definition) is 4. The lowest BCUT2D eigenvalue weighted by atomic mass is 9.88. The van der Waals surface area contributed by atoms with E-state index in [1.807, 2.05) is 18.7 Å². The van der Waals surface area contributed by atoms with Crippen molar-refractivity contribution in [2.75, 3.05) is 19.6 Å². The van der Waals surface area contributed by atoms with Crippen molar-refractivity contribution in [3.63, 3.8) is 0 Å². The SMILES string of the molecule is CC[C@@H](C)C(=O)N1CCC[C@@H]1c1nc2c(c(=O)[nH]1)CCN(CC1CCCCC1)C2. The van der Waals surface area contributed by atoms with Crippen LogP contribution in [0.15, 0.2) is 4.79 Å². The first-order chi connectivity index (χ1) is 14.1. The monoisotopic (exact) mass is 400 g/mol. The molecule has 2 atom stereocenters. The summed E-state index contributed by atoms with van der Waals surface area (Å²) in [5.74, 6) is 1.70. The van der Waals surface area contributed by atoms with Gasteiger partial charge in [0.05, 0.1) is 11.7 Å². The van der Waals surface area contributed by atoms with Gasteiger partial charge in [-0.25, -0.2) is 4.98 Å². The van der Waals surface area contributed by atoms with Crippen LogP contribution in [0, 0.1) is 11.8 Å². The van der Waals surface area contributed by atoms with E-state index >= 15 is 0 Å². The van der Waals surface area contributed by atoms with Crippen molar-refractivity contribution < 1.29 is 4.79 Å². The molecule has 4 rings (SSSR count). The molecule has 1 aromatic rings. The smallest absolute Gasteiger partial charge is 0.254 e. The molecule has 1 aromatic heterocycles. The van der Waals surface area contributed by atoms with Gasteiger partial charge in [0.1, 0.15) is 5.82 Å². The number of H-pyrrole nitrogens is 1. The highest BCUT2D eigenvalue weighted by atomic mass is 16.2. The van der Waals surface area contributed by atoms with Gasteiger partial charge in [-0.05, 0) is 44.4 Å². The molecule has 1 saturated heterocycles. The molecule has 0 aromatic carbocycles. The van der Waals surface area contributed by atoms with Crippen LogP contribution in [0.25, 0.3) is 0 Å². The number of rotatable bonds is 5. The van der Waals surface area contributed by atoms with Gasteiger partial charge < -0.3 is 9.88 Å². The predicted molar refractivity (Wildman–Crippen MR) is 114 cm³/mol. The number of nitrogens with zero attached hydrogens (tertiary/aromatic N) is 3. The maximum absolute atomic E-state index is 12.8. The average Bonchev–Trinajstić information content (AvgIpc) is 3.23. The highest BCUT2D eigenvalue weighted by molar-refractivity contribution is 5.79. The van der Waals surface area contributed by atoms with E-state index in [9.17, 15) is 9.59 Å². The summed E-state index contributed by atoms with van der Waals surface area (Å²) < 4.78 is 0. The van der Waals surface area contributed by atoms with Crippen molar-refractivity contribution in [2.24, 2.45) is 11.8 Å². The van der Waals surface area contributed by atoms with Crippen LogP contribution in [-0.4, -0.2) is 45.3 Å². The van der Waals surface area contributed by atoms with E-state index in [1.54, 1.807) is 0 Å². The second kappa shape index (κ2) is 8.99. The molecule has 1 aliphatic carbocycles. The van der Waals surface area contributed by atoms with Crippen molar-refractivity contribution in [3.8, 4) is 0 Å². The van der Waals surface area contributed by atoms with Crippen LogP contribution >= 0.6 is 0 Å². The lowest BCUT2D eigenvalue weighted by molar-refractivity contribution is -0.136. The number of nitrogens with one attached hydrogen (secondary N) is 1. The summed E-state index contributed by atoms with van der Waals surface area (Å²) in [5, 5.41) is 0. The summed E-state index contributed by atoms with van der Waals surface area (Å²) in [4.78, 5) is 38.0. The zero-order valence-electron chi connectivity index (χ0n) is 18.1. The molecule has 6 nitrogen and oxygen atoms in total. The van der Waals surface area contributed by atoms with Crippen molar-refractivity contribution in [1.82, 2.24) is 19.8 Å². The lowest BCUT2D eigenvalue weighted by Gasteiger charge is -2.33. The molecule has 3 aliphatic rings. The fraction of sp³-hybridized carbons (Fsp3) is 0.783. The number of aromatic amines is 1. The van der Waals surface area contributed by atoms with Gasteiger partial charge in [-0.2, -0.15) is 0 Å². The zero-order chi connectivity index (χ0) is 20.4. The van der Waals surface area contributed by atoms with Crippen LogP contribution in [0.1, 0.15) is 88.3 Å². The fourth-order valence-corrected chi connectivity index (χ4v) is 5.33. The molecule has 3 heterocycles. The van der Waals surface area contributed by atoms with E-state index in [0.29, 0.717) is 5.82 Å². The van der Waals surface area contributed by atoms with Gasteiger partial charge in [-0.1, -0.05) is 33.1 Å². The van der Waals surface area contributed by atoms with Crippen molar-refractivity contribution in [1.29, 1.82) is 0 Å². The summed E-state index contributed by atoms with van der Waals surface area (Å²) in [5.41, 5.74) is 1.80. The molecular weight excluding hydrogens is 364 g/mol. The zero-order valence-corrected chi connectivity index (χ0v) is 18.1. The Balaban J connectivity index is 1.52. The molecule has 1 amide bonds. The van der Waals surface area contributed by atoms with Gasteiger partial charge in [0.25, 0.3) is 5.56 Å². The Morgan fingerprint density at radius 3 is 2.72 bits per heavy atom. The van der Waals surface area contributed by atoms with Gasteiger partial charge in [-0.15, -0.1) is 0 Å². The Hall–Kier alpha value is -1.69. The minimum atomic E-state index is -0.0804. The third-order valence-corrected chi connectivity index (χ3v) is 7.30. The standard InChI is InChI=1S/C23H36N4O2/c1-3-16(2)23(29)27-12-7-10-20(27)21-24-19-15-26(13-11-18(19)22(28)25-21)14-17-8-5-4-6-9-17/h16-17,20H,3-15H2,1-2H3,(H,24,25,28)/t16-,20-/m1/s1. The molecular formula is C23H36N4O2. The molecule has 0 bridgehead atoms. The normalized spacial score (nSPS) is 24.5. The minimum Gasteiger partial charge on any atom is -0.332 e. The van der Waals surface area contributed by atoms with E-state index in [4.69, 9.17) is 4.98 Å². The van der Waals surface area contributed by atoms with Crippen LogP contribution in [0.3, 0.4) is 0 Å². The van der Waals surface area contributed by atoms with Gasteiger partial charge in [0.2, 0.25) is 5.91 Å². The molecule has 2 fully saturated rings. The molecule has 29 heavy (non-hydrogen) atoms. The van der Waals surface area contributed by atoms with E-state index in [0.717, 1.165) is 69.0 Å². The number of amides is 1. The first kappa shape index (κ1) is 20.6. The topological polar surface area (TPSA) is 69.3 Å². The second-order valence-electron chi connectivity index (χ2n) is 9.36. The highest BCUT2D eigenvalue weighted by Crippen LogP contribution is 2.32. The van der Waals surface area contributed by atoms with Gasteiger partial charge in [0.15, 0.2) is 0 Å². The van der Waals surface area contributed by atoms with Gasteiger partial charge in [0, 0.05) is 37.7 Å². The quantitative estimate of drug-likeness (QED) is 0.822. The molecule has 0 radical (unpaired) electrons. The molecule has 0 spiro atoms. The molecule has 1 N–H and O–H groups in total. The summed E-state index contributed by atoms with van der Waals surface area (Å²) in [6.45, 7) is 7.66. The Kier molecular flexibility index (Phi) is 6.38. The summed E-state index contributed by atoms with van der Waals surface area (Å²) in [7, 11) is 0. The molecule has 2 aliphatic heterocycles. The van der Waals surface area contributed by atoms with Crippen molar-refractivity contribution in [2.45, 2.75) is 84.2 Å².